The van der Waals surface area contributed by atoms with Crippen molar-refractivity contribution < 1.29 is 29.3 Å². The van der Waals surface area contributed by atoms with Crippen LogP contribution in [0.2, 0.25) is 0 Å². The number of rotatable bonds is 6. The average molecular weight is 486 g/mol. The summed E-state index contributed by atoms with van der Waals surface area (Å²) in [5, 5.41) is 20.2. The van der Waals surface area contributed by atoms with Crippen LogP contribution in [-0.2, 0) is 16.1 Å². The predicted molar refractivity (Wildman–Crippen MR) is 136 cm³/mol. The van der Waals surface area contributed by atoms with Crippen LogP contribution in [0.5, 0.6) is 5.75 Å². The molecule has 2 N–H and O–H groups in total. The maximum atomic E-state index is 12.4. The summed E-state index contributed by atoms with van der Waals surface area (Å²) in [5.41, 5.74) is 2.74. The maximum absolute atomic E-state index is 12.4. The van der Waals surface area contributed by atoms with Crippen molar-refractivity contribution >= 4 is 28.5 Å². The van der Waals surface area contributed by atoms with E-state index in [1.807, 2.05) is 59.2 Å². The Balaban J connectivity index is 0.000000170. The summed E-state index contributed by atoms with van der Waals surface area (Å²) in [4.78, 5) is 34.4. The number of carbonyl (C=O) groups is 3. The molecular weight excluding hydrogens is 458 g/mol. The lowest BCUT2D eigenvalue weighted by molar-refractivity contribution is -0.139. The molecule has 0 radical (unpaired) electrons. The molecule has 1 aliphatic heterocycles. The van der Waals surface area contributed by atoms with E-state index in [9.17, 15) is 14.4 Å². The number of carbonyl (C=O) groups excluding carboxylic acids is 1. The summed E-state index contributed by atoms with van der Waals surface area (Å²) in [5.74, 6) is -1.86. The van der Waals surface area contributed by atoms with Gasteiger partial charge in [0.05, 0.1) is 24.6 Å². The molecule has 3 aromatic carbocycles. The van der Waals surface area contributed by atoms with E-state index in [4.69, 9.17) is 14.9 Å². The minimum atomic E-state index is -0.824. The number of benzene rings is 3. The van der Waals surface area contributed by atoms with Gasteiger partial charge in [0.2, 0.25) is 5.78 Å². The monoisotopic (exact) mass is 485 g/mol. The average Bonchev–Trinajstić information content (AvgIpc) is 3.50. The predicted octanol–water partition coefficient (Wildman–Crippen LogP) is 5.33. The molecule has 0 bridgehead atoms. The highest BCUT2D eigenvalue weighted by Gasteiger charge is 2.31. The zero-order chi connectivity index (χ0) is 25.8. The molecule has 1 aliphatic rings. The van der Waals surface area contributed by atoms with Gasteiger partial charge in [-0.15, -0.1) is 0 Å². The van der Waals surface area contributed by atoms with Crippen molar-refractivity contribution in [2.75, 3.05) is 7.11 Å². The number of carboxylic acids is 2. The van der Waals surface area contributed by atoms with Gasteiger partial charge in [-0.25, -0.2) is 0 Å². The minimum absolute atomic E-state index is 0.0575. The SMILES string of the molecule is COc1ccc2cc([C@H](C)C(=O)O)ccc2c1.O=C(c1ccccc1)c1ccc2n1CCC2C(=O)O. The summed E-state index contributed by atoms with van der Waals surface area (Å²) in [7, 11) is 1.63. The molecule has 2 heterocycles. The summed E-state index contributed by atoms with van der Waals surface area (Å²) in [6.07, 6.45) is 0.556. The highest BCUT2D eigenvalue weighted by Crippen LogP contribution is 2.31. The number of carboxylic acid groups (broad SMARTS) is 2. The Bertz CT molecular complexity index is 1420. The fourth-order valence-corrected chi connectivity index (χ4v) is 4.41. The highest BCUT2D eigenvalue weighted by atomic mass is 16.5. The third-order valence-electron chi connectivity index (χ3n) is 6.52. The lowest BCUT2D eigenvalue weighted by Gasteiger charge is -2.08. The zero-order valence-corrected chi connectivity index (χ0v) is 20.0. The van der Waals surface area contributed by atoms with Crippen LogP contribution in [0.3, 0.4) is 0 Å². The van der Waals surface area contributed by atoms with Crippen LogP contribution >= 0.6 is 0 Å². The molecule has 0 saturated heterocycles. The van der Waals surface area contributed by atoms with E-state index in [-0.39, 0.29) is 5.78 Å². The van der Waals surface area contributed by atoms with Gasteiger partial charge in [-0.3, -0.25) is 14.4 Å². The Morgan fingerprint density at radius 2 is 1.61 bits per heavy atom. The van der Waals surface area contributed by atoms with Crippen LogP contribution in [0, 0.1) is 0 Å². The van der Waals surface area contributed by atoms with Gasteiger partial charge in [0.25, 0.3) is 0 Å². The van der Waals surface area contributed by atoms with E-state index in [1.165, 1.54) is 0 Å². The molecule has 1 unspecified atom stereocenters. The first-order chi connectivity index (χ1) is 17.3. The first-order valence-corrected chi connectivity index (χ1v) is 11.6. The van der Waals surface area contributed by atoms with E-state index in [2.05, 4.69) is 0 Å². The van der Waals surface area contributed by atoms with Gasteiger partial charge >= 0.3 is 11.9 Å². The third kappa shape index (κ3) is 5.00. The minimum Gasteiger partial charge on any atom is -0.497 e. The number of hydrogen-bond acceptors (Lipinski definition) is 4. The molecule has 0 saturated carbocycles. The van der Waals surface area contributed by atoms with Gasteiger partial charge in [-0.05, 0) is 53.9 Å². The van der Waals surface area contributed by atoms with Crippen molar-refractivity contribution in [3.63, 3.8) is 0 Å². The topological polar surface area (TPSA) is 106 Å². The van der Waals surface area contributed by atoms with Gasteiger partial charge in [0.15, 0.2) is 0 Å². The van der Waals surface area contributed by atoms with Crippen molar-refractivity contribution in [3.8, 4) is 5.75 Å². The van der Waals surface area contributed by atoms with Gasteiger partial charge in [0, 0.05) is 17.8 Å². The first kappa shape index (κ1) is 24.7. The van der Waals surface area contributed by atoms with E-state index in [1.54, 1.807) is 38.3 Å². The van der Waals surface area contributed by atoms with Crippen LogP contribution in [0.4, 0.5) is 0 Å². The molecular formula is C29H27NO6. The van der Waals surface area contributed by atoms with Crippen LogP contribution in [0.1, 0.15) is 52.5 Å². The van der Waals surface area contributed by atoms with Crippen molar-refractivity contribution in [2.24, 2.45) is 0 Å². The Labute approximate surface area is 208 Å². The van der Waals surface area contributed by atoms with Crippen LogP contribution < -0.4 is 4.74 Å². The largest absolute Gasteiger partial charge is 0.497 e. The molecule has 2 atom stereocenters. The molecule has 1 aromatic heterocycles. The Morgan fingerprint density at radius 3 is 2.28 bits per heavy atom. The van der Waals surface area contributed by atoms with Crippen molar-refractivity contribution in [1.82, 2.24) is 4.57 Å². The molecule has 184 valence electrons. The second-order valence-corrected chi connectivity index (χ2v) is 8.70. The second kappa shape index (κ2) is 10.5. The molecule has 0 spiro atoms. The Hall–Kier alpha value is -4.39. The molecule has 7 nitrogen and oxygen atoms in total. The van der Waals surface area contributed by atoms with Gasteiger partial charge in [-0.1, -0.05) is 54.6 Å². The smallest absolute Gasteiger partial charge is 0.312 e. The number of hydrogen-bond donors (Lipinski definition) is 2. The Kier molecular flexibility index (Phi) is 7.20. The number of aromatic nitrogens is 1. The quantitative estimate of drug-likeness (QED) is 0.358. The number of aliphatic carboxylic acids is 2. The second-order valence-electron chi connectivity index (χ2n) is 8.70. The van der Waals surface area contributed by atoms with Gasteiger partial charge in [-0.2, -0.15) is 0 Å². The number of ketones is 1. The molecule has 0 amide bonds. The van der Waals surface area contributed by atoms with Crippen molar-refractivity contribution in [1.29, 1.82) is 0 Å². The standard InChI is InChI=1S/C15H13NO3.C14H14O3/c17-14(10-4-2-1-3-5-10)13-7-6-12-11(15(18)19)8-9-16(12)13;1-9(14(15)16)10-3-4-12-8-13(17-2)6-5-11(12)7-10/h1-7,11H,8-9H2,(H,18,19);3-9H,1-2H3,(H,15,16)/t;9-/m.0/s1. The van der Waals surface area contributed by atoms with E-state index in [0.29, 0.717) is 24.2 Å². The fourth-order valence-electron chi connectivity index (χ4n) is 4.41. The lowest BCUT2D eigenvalue weighted by atomic mass is 9.98. The van der Waals surface area contributed by atoms with E-state index >= 15 is 0 Å². The maximum Gasteiger partial charge on any atom is 0.312 e. The molecule has 36 heavy (non-hydrogen) atoms. The normalized spacial score (nSPS) is 14.9. The summed E-state index contributed by atoms with van der Waals surface area (Å²) < 4.78 is 6.97. The van der Waals surface area contributed by atoms with Crippen molar-refractivity contribution in [3.05, 3.63) is 101 Å². The van der Waals surface area contributed by atoms with Gasteiger partial charge in [0.1, 0.15) is 5.75 Å². The fraction of sp³-hybridized carbons (Fsp3) is 0.207. The molecule has 0 fully saturated rings. The number of fused-ring (bicyclic) bond motifs is 2. The summed E-state index contributed by atoms with van der Waals surface area (Å²) in [6, 6.07) is 23.9. The molecule has 4 aromatic rings. The molecule has 7 heteroatoms. The zero-order valence-electron chi connectivity index (χ0n) is 20.0. The van der Waals surface area contributed by atoms with Crippen LogP contribution in [0.15, 0.2) is 78.9 Å². The molecule has 0 aliphatic carbocycles. The highest BCUT2D eigenvalue weighted by molar-refractivity contribution is 6.08. The van der Waals surface area contributed by atoms with Crippen molar-refractivity contribution in [2.45, 2.75) is 31.7 Å². The number of methoxy groups -OCH3 is 1. The van der Waals surface area contributed by atoms with E-state index < -0.39 is 23.8 Å². The third-order valence-corrected chi connectivity index (χ3v) is 6.52. The Morgan fingerprint density at radius 1 is 0.917 bits per heavy atom. The summed E-state index contributed by atoms with van der Waals surface area (Å²) in [6.45, 7) is 2.28. The molecule has 5 rings (SSSR count). The van der Waals surface area contributed by atoms with Crippen LogP contribution in [-0.4, -0.2) is 39.6 Å². The number of nitrogens with zero attached hydrogens (tertiary/aromatic N) is 1. The van der Waals surface area contributed by atoms with Gasteiger partial charge < -0.3 is 19.5 Å². The summed E-state index contributed by atoms with van der Waals surface area (Å²) >= 11 is 0. The van der Waals surface area contributed by atoms with E-state index in [0.717, 1.165) is 27.8 Å². The lowest BCUT2D eigenvalue weighted by Crippen LogP contribution is -2.09. The number of ether oxygens (including phenoxy) is 1. The van der Waals surface area contributed by atoms with Crippen LogP contribution in [0.25, 0.3) is 10.8 Å². The first-order valence-electron chi connectivity index (χ1n) is 11.6.